The Balaban J connectivity index is 1.30. The molecule has 1 N–H and O–H groups in total. The van der Waals surface area contributed by atoms with E-state index in [1.165, 1.54) is 40.2 Å². The van der Waals surface area contributed by atoms with E-state index in [1.807, 2.05) is 30.3 Å². The van der Waals surface area contributed by atoms with Crippen LogP contribution in [0.3, 0.4) is 0 Å². The van der Waals surface area contributed by atoms with Crippen LogP contribution in [0.4, 0.5) is 0 Å². The van der Waals surface area contributed by atoms with Crippen LogP contribution in [0.1, 0.15) is 15.9 Å². The lowest BCUT2D eigenvalue weighted by Gasteiger charge is -2.34. The van der Waals surface area contributed by atoms with E-state index in [1.54, 1.807) is 36.4 Å². The number of amides is 1. The third kappa shape index (κ3) is 5.48. The number of carbonyl (C=O) groups is 1. The minimum atomic E-state index is -4.20. The molecule has 4 aromatic rings. The fraction of sp³-hybridized carbons (Fsp3) is 0.179. The van der Waals surface area contributed by atoms with Crippen molar-refractivity contribution in [3.05, 3.63) is 108 Å². The van der Waals surface area contributed by atoms with E-state index in [9.17, 15) is 21.6 Å². The molecule has 1 aliphatic heterocycles. The summed E-state index contributed by atoms with van der Waals surface area (Å²) < 4.78 is 56.3. The minimum absolute atomic E-state index is 0.0268. The van der Waals surface area contributed by atoms with Crippen LogP contribution >= 0.6 is 0 Å². The van der Waals surface area contributed by atoms with Gasteiger partial charge in [-0.3, -0.25) is 9.69 Å². The molecule has 0 aliphatic carbocycles. The van der Waals surface area contributed by atoms with Crippen LogP contribution in [0, 0.1) is 0 Å². The normalized spacial score (nSPS) is 15.4. The number of carbonyl (C=O) groups excluding carboxylic acids is 1. The third-order valence-corrected chi connectivity index (χ3v) is 9.86. The zero-order valence-corrected chi connectivity index (χ0v) is 22.2. The van der Waals surface area contributed by atoms with E-state index in [2.05, 4.69) is 9.62 Å². The Labute approximate surface area is 222 Å². The molecule has 196 valence electrons. The molecule has 0 bridgehead atoms. The summed E-state index contributed by atoms with van der Waals surface area (Å²) in [5.74, 6) is -0.900. The highest BCUT2D eigenvalue weighted by Gasteiger charge is 2.29. The van der Waals surface area contributed by atoms with Crippen molar-refractivity contribution in [3.8, 4) is 0 Å². The molecular weight excluding hydrogens is 522 g/mol. The van der Waals surface area contributed by atoms with Gasteiger partial charge in [-0.05, 0) is 35.2 Å². The lowest BCUT2D eigenvalue weighted by atomic mass is 10.1. The fourth-order valence-corrected chi connectivity index (χ4v) is 7.26. The Kier molecular flexibility index (Phi) is 7.31. The van der Waals surface area contributed by atoms with E-state index in [0.717, 1.165) is 11.9 Å². The maximum Gasteiger partial charge on any atom is 0.265 e. The Morgan fingerprint density at radius 2 is 1.39 bits per heavy atom. The van der Waals surface area contributed by atoms with Gasteiger partial charge in [0, 0.05) is 43.7 Å². The molecular formula is C28H27N3O5S2. The van der Waals surface area contributed by atoms with Gasteiger partial charge in [0.15, 0.2) is 0 Å². The molecule has 1 heterocycles. The van der Waals surface area contributed by atoms with Crippen molar-refractivity contribution in [2.75, 3.05) is 26.2 Å². The smallest absolute Gasteiger partial charge is 0.265 e. The zero-order valence-electron chi connectivity index (χ0n) is 20.5. The van der Waals surface area contributed by atoms with Gasteiger partial charge < -0.3 is 0 Å². The SMILES string of the molecule is O=C(NS(=O)(=O)c1cccc2ccccc12)c1cccc(S(=O)(=O)N2CCN(Cc3ccccc3)CC2)c1. The number of fused-ring (bicyclic) bond motifs is 1. The summed E-state index contributed by atoms with van der Waals surface area (Å²) in [6.45, 7) is 2.55. The van der Waals surface area contributed by atoms with Gasteiger partial charge in [-0.25, -0.2) is 21.6 Å². The molecule has 0 atom stereocenters. The van der Waals surface area contributed by atoms with Gasteiger partial charge in [0.1, 0.15) is 0 Å². The lowest BCUT2D eigenvalue weighted by molar-refractivity contribution is 0.0981. The Morgan fingerprint density at radius 3 is 2.16 bits per heavy atom. The molecule has 1 aliphatic rings. The number of nitrogens with one attached hydrogen (secondary N) is 1. The number of nitrogens with zero attached hydrogens (tertiary/aromatic N) is 2. The molecule has 8 nitrogen and oxygen atoms in total. The predicted octanol–water partition coefficient (Wildman–Crippen LogP) is 3.47. The maximum atomic E-state index is 13.3. The van der Waals surface area contributed by atoms with Crippen LogP contribution < -0.4 is 4.72 Å². The van der Waals surface area contributed by atoms with Crippen LogP contribution in [0.25, 0.3) is 10.8 Å². The Hall–Kier alpha value is -3.57. The largest absolute Gasteiger partial charge is 0.296 e. The van der Waals surface area contributed by atoms with Gasteiger partial charge in [-0.15, -0.1) is 0 Å². The van der Waals surface area contributed by atoms with Crippen LogP contribution in [0.2, 0.25) is 0 Å². The van der Waals surface area contributed by atoms with E-state index in [0.29, 0.717) is 31.6 Å². The second-order valence-electron chi connectivity index (χ2n) is 9.11. The van der Waals surface area contributed by atoms with Crippen molar-refractivity contribution < 1.29 is 21.6 Å². The highest BCUT2D eigenvalue weighted by atomic mass is 32.2. The van der Waals surface area contributed by atoms with Gasteiger partial charge in [0.25, 0.3) is 15.9 Å². The quantitative estimate of drug-likeness (QED) is 0.379. The van der Waals surface area contributed by atoms with Gasteiger partial charge in [0.05, 0.1) is 9.79 Å². The molecule has 1 fully saturated rings. The van der Waals surface area contributed by atoms with Crippen molar-refractivity contribution in [1.29, 1.82) is 0 Å². The monoisotopic (exact) mass is 549 g/mol. The van der Waals surface area contributed by atoms with Crippen molar-refractivity contribution >= 4 is 36.7 Å². The maximum absolute atomic E-state index is 13.3. The first-order valence-electron chi connectivity index (χ1n) is 12.2. The van der Waals surface area contributed by atoms with Crippen LogP contribution in [-0.4, -0.2) is 58.1 Å². The molecule has 1 saturated heterocycles. The molecule has 0 radical (unpaired) electrons. The highest BCUT2D eigenvalue weighted by molar-refractivity contribution is 7.90. The van der Waals surface area contributed by atoms with Crippen molar-refractivity contribution in [2.45, 2.75) is 16.3 Å². The average Bonchev–Trinajstić information content (AvgIpc) is 2.93. The Bertz CT molecular complexity index is 1680. The topological polar surface area (TPSA) is 104 Å². The highest BCUT2D eigenvalue weighted by Crippen LogP contribution is 2.24. The van der Waals surface area contributed by atoms with E-state index < -0.39 is 26.0 Å². The number of piperazine rings is 1. The molecule has 4 aromatic carbocycles. The number of hydrogen-bond donors (Lipinski definition) is 1. The van der Waals surface area contributed by atoms with Gasteiger partial charge in [0.2, 0.25) is 10.0 Å². The molecule has 5 rings (SSSR count). The summed E-state index contributed by atoms with van der Waals surface area (Å²) in [7, 11) is -8.06. The van der Waals surface area contributed by atoms with E-state index in [4.69, 9.17) is 0 Å². The van der Waals surface area contributed by atoms with Gasteiger partial charge >= 0.3 is 0 Å². The summed E-state index contributed by atoms with van der Waals surface area (Å²) in [4.78, 5) is 15.1. The summed E-state index contributed by atoms with van der Waals surface area (Å²) in [6.07, 6.45) is 0. The molecule has 0 saturated carbocycles. The summed E-state index contributed by atoms with van der Waals surface area (Å²) in [5.41, 5.74) is 1.11. The molecule has 0 aromatic heterocycles. The number of sulfonamides is 2. The van der Waals surface area contributed by atoms with E-state index >= 15 is 0 Å². The minimum Gasteiger partial charge on any atom is -0.296 e. The molecule has 38 heavy (non-hydrogen) atoms. The van der Waals surface area contributed by atoms with Gasteiger partial charge in [-0.2, -0.15) is 4.31 Å². The van der Waals surface area contributed by atoms with E-state index in [-0.39, 0.29) is 15.4 Å². The number of rotatable bonds is 7. The first-order chi connectivity index (χ1) is 18.2. The summed E-state index contributed by atoms with van der Waals surface area (Å²) in [5, 5.41) is 1.21. The van der Waals surface area contributed by atoms with Crippen LogP contribution in [-0.2, 0) is 26.6 Å². The molecule has 10 heteroatoms. The zero-order chi connectivity index (χ0) is 26.8. The van der Waals surface area contributed by atoms with Gasteiger partial charge in [-0.1, -0.05) is 72.8 Å². The molecule has 1 amide bonds. The molecule has 0 unspecified atom stereocenters. The van der Waals surface area contributed by atoms with Crippen LogP contribution in [0.5, 0.6) is 0 Å². The van der Waals surface area contributed by atoms with Crippen molar-refractivity contribution in [2.24, 2.45) is 0 Å². The second-order valence-corrected chi connectivity index (χ2v) is 12.7. The summed E-state index contributed by atoms with van der Waals surface area (Å²) in [6, 6.07) is 27.3. The predicted molar refractivity (Wildman–Crippen MR) is 146 cm³/mol. The lowest BCUT2D eigenvalue weighted by Crippen LogP contribution is -2.48. The standard InChI is InChI=1S/C28H27N3O5S2/c32-28(29-37(33,34)27-15-7-11-23-10-4-5-14-26(23)27)24-12-6-13-25(20-24)38(35,36)31-18-16-30(17-19-31)21-22-8-2-1-3-9-22/h1-15,20H,16-19,21H2,(H,29,32). The first kappa shape index (κ1) is 26.1. The van der Waals surface area contributed by atoms with Crippen molar-refractivity contribution in [1.82, 2.24) is 13.9 Å². The average molecular weight is 550 g/mol. The third-order valence-electron chi connectivity index (χ3n) is 6.58. The Morgan fingerprint density at radius 1 is 0.737 bits per heavy atom. The number of hydrogen-bond acceptors (Lipinski definition) is 6. The number of benzene rings is 4. The summed E-state index contributed by atoms with van der Waals surface area (Å²) >= 11 is 0. The fourth-order valence-electron chi connectivity index (χ4n) is 4.58. The first-order valence-corrected chi connectivity index (χ1v) is 15.1. The van der Waals surface area contributed by atoms with Crippen LogP contribution in [0.15, 0.2) is 107 Å². The second kappa shape index (κ2) is 10.7. The molecule has 0 spiro atoms. The van der Waals surface area contributed by atoms with Crippen molar-refractivity contribution in [3.63, 3.8) is 0 Å².